The third kappa shape index (κ3) is 13.2. The second kappa shape index (κ2) is 7.47. The van der Waals surface area contributed by atoms with Crippen LogP contribution in [-0.4, -0.2) is 35.0 Å². The van der Waals surface area contributed by atoms with Gasteiger partial charge in [0.05, 0.1) is 6.61 Å². The van der Waals surface area contributed by atoms with Gasteiger partial charge in [-0.3, -0.25) is 0 Å². The molecular formula is C8H16F3NO3. The van der Waals surface area contributed by atoms with Crippen LogP contribution in [-0.2, 0) is 4.79 Å². The van der Waals surface area contributed by atoms with Gasteiger partial charge < -0.3 is 15.9 Å². The molecule has 0 rings (SSSR count). The molecule has 0 spiro atoms. The van der Waals surface area contributed by atoms with Crippen molar-refractivity contribution in [3.63, 3.8) is 0 Å². The fourth-order valence-corrected chi connectivity index (χ4v) is 0.680. The number of carbonyl (C=O) groups is 1. The molecule has 0 bridgehead atoms. The minimum atomic E-state index is -5.08. The Bertz CT molecular complexity index is 182. The van der Waals surface area contributed by atoms with E-state index in [2.05, 4.69) is 13.8 Å². The monoisotopic (exact) mass is 231 g/mol. The van der Waals surface area contributed by atoms with Crippen molar-refractivity contribution in [2.24, 2.45) is 11.7 Å². The predicted molar refractivity (Wildman–Crippen MR) is 48.2 cm³/mol. The summed E-state index contributed by atoms with van der Waals surface area (Å²) in [6, 6.07) is -0.0185. The van der Waals surface area contributed by atoms with Gasteiger partial charge in [-0.1, -0.05) is 13.8 Å². The average Bonchev–Trinajstić information content (AvgIpc) is 2.02. The summed E-state index contributed by atoms with van der Waals surface area (Å²) in [7, 11) is 0. The molecule has 4 nitrogen and oxygen atoms in total. The Morgan fingerprint density at radius 3 is 1.80 bits per heavy atom. The number of rotatable bonds is 3. The van der Waals surface area contributed by atoms with Crippen LogP contribution in [0.4, 0.5) is 13.2 Å². The summed E-state index contributed by atoms with van der Waals surface area (Å²) in [5, 5.41) is 15.6. The van der Waals surface area contributed by atoms with Crippen LogP contribution >= 0.6 is 0 Å². The SMILES string of the molecule is CC(C)C[C@H](N)CO.O=C(O)C(F)(F)F. The number of carboxylic acid groups (broad SMARTS) is 1. The van der Waals surface area contributed by atoms with Crippen molar-refractivity contribution in [1.82, 2.24) is 0 Å². The number of aliphatic hydroxyl groups is 1. The van der Waals surface area contributed by atoms with Crippen LogP contribution in [0, 0.1) is 5.92 Å². The zero-order chi connectivity index (χ0) is 12.6. The molecule has 0 fully saturated rings. The van der Waals surface area contributed by atoms with Crippen molar-refractivity contribution >= 4 is 5.97 Å². The Balaban J connectivity index is 0. The third-order valence-electron chi connectivity index (χ3n) is 1.25. The smallest absolute Gasteiger partial charge is 0.475 e. The van der Waals surface area contributed by atoms with Crippen LogP contribution in [0.2, 0.25) is 0 Å². The number of hydrogen-bond acceptors (Lipinski definition) is 3. The fourth-order valence-electron chi connectivity index (χ4n) is 0.680. The van der Waals surface area contributed by atoms with Crippen LogP contribution < -0.4 is 5.73 Å². The minimum absolute atomic E-state index is 0.0185. The van der Waals surface area contributed by atoms with Crippen molar-refractivity contribution in [3.05, 3.63) is 0 Å². The fraction of sp³-hybridized carbons (Fsp3) is 0.875. The molecule has 0 aromatic heterocycles. The molecule has 0 radical (unpaired) electrons. The van der Waals surface area contributed by atoms with Crippen LogP contribution in [0.1, 0.15) is 20.3 Å². The maximum absolute atomic E-state index is 10.6. The molecule has 0 amide bonds. The summed E-state index contributed by atoms with van der Waals surface area (Å²) in [5.74, 6) is -2.16. The summed E-state index contributed by atoms with van der Waals surface area (Å²) >= 11 is 0. The highest BCUT2D eigenvalue weighted by Gasteiger charge is 2.38. The van der Waals surface area contributed by atoms with Gasteiger partial charge >= 0.3 is 12.1 Å². The maximum atomic E-state index is 10.6. The van der Waals surface area contributed by atoms with Gasteiger partial charge in [-0.05, 0) is 12.3 Å². The summed E-state index contributed by atoms with van der Waals surface area (Å²) < 4.78 is 31.7. The second-order valence-corrected chi connectivity index (χ2v) is 3.38. The molecule has 0 aromatic carbocycles. The number of carboxylic acids is 1. The Labute approximate surface area is 85.9 Å². The Kier molecular flexibility index (Phi) is 8.27. The number of nitrogens with two attached hydrogens (primary N) is 1. The lowest BCUT2D eigenvalue weighted by molar-refractivity contribution is -0.192. The predicted octanol–water partition coefficient (Wildman–Crippen LogP) is 0.985. The highest BCUT2D eigenvalue weighted by molar-refractivity contribution is 5.73. The van der Waals surface area contributed by atoms with E-state index in [0.717, 1.165) is 6.42 Å². The third-order valence-corrected chi connectivity index (χ3v) is 1.25. The highest BCUT2D eigenvalue weighted by atomic mass is 19.4. The molecule has 4 N–H and O–H groups in total. The first-order valence-electron chi connectivity index (χ1n) is 4.27. The topological polar surface area (TPSA) is 83.5 Å². The Hall–Kier alpha value is -0.820. The quantitative estimate of drug-likeness (QED) is 0.676. The first kappa shape index (κ1) is 16.6. The zero-order valence-corrected chi connectivity index (χ0v) is 8.58. The largest absolute Gasteiger partial charge is 0.490 e. The molecule has 15 heavy (non-hydrogen) atoms. The molecule has 7 heteroatoms. The lowest BCUT2D eigenvalue weighted by Gasteiger charge is -2.09. The summed E-state index contributed by atoms with van der Waals surface area (Å²) in [4.78, 5) is 8.90. The van der Waals surface area contributed by atoms with Gasteiger partial charge in [0.2, 0.25) is 0 Å². The van der Waals surface area contributed by atoms with Crippen LogP contribution in [0.3, 0.4) is 0 Å². The standard InChI is InChI=1S/C6H15NO.C2HF3O2/c1-5(2)3-6(7)4-8;3-2(4,5)1(6)7/h5-6,8H,3-4,7H2,1-2H3;(H,6,7)/t6-;/m0./s1. The van der Waals surface area contributed by atoms with Crippen LogP contribution in [0.15, 0.2) is 0 Å². The molecule has 0 heterocycles. The lowest BCUT2D eigenvalue weighted by atomic mass is 10.1. The van der Waals surface area contributed by atoms with E-state index in [1.807, 2.05) is 0 Å². The Morgan fingerprint density at radius 1 is 1.40 bits per heavy atom. The van der Waals surface area contributed by atoms with Gasteiger partial charge in [0.25, 0.3) is 0 Å². The molecular weight excluding hydrogens is 215 g/mol. The molecule has 0 aliphatic heterocycles. The number of alkyl halides is 3. The normalized spacial score (nSPS) is 13.1. The molecule has 0 saturated heterocycles. The summed E-state index contributed by atoms with van der Waals surface area (Å²) in [6.07, 6.45) is -4.17. The summed E-state index contributed by atoms with van der Waals surface area (Å²) in [6.45, 7) is 4.29. The molecule has 0 aromatic rings. The van der Waals surface area contributed by atoms with Gasteiger partial charge in [-0.2, -0.15) is 13.2 Å². The van der Waals surface area contributed by atoms with E-state index in [-0.39, 0.29) is 12.6 Å². The van der Waals surface area contributed by atoms with Gasteiger partial charge in [-0.15, -0.1) is 0 Å². The van der Waals surface area contributed by atoms with E-state index in [1.165, 1.54) is 0 Å². The molecule has 0 saturated carbocycles. The van der Waals surface area contributed by atoms with Crippen LogP contribution in [0.25, 0.3) is 0 Å². The molecule has 0 aliphatic rings. The van der Waals surface area contributed by atoms with E-state index in [0.29, 0.717) is 5.92 Å². The lowest BCUT2D eigenvalue weighted by Crippen LogP contribution is -2.25. The number of aliphatic hydroxyl groups excluding tert-OH is 1. The number of halogens is 3. The number of aliphatic carboxylic acids is 1. The van der Waals surface area contributed by atoms with Crippen molar-refractivity contribution in [2.45, 2.75) is 32.5 Å². The first-order valence-corrected chi connectivity index (χ1v) is 4.27. The maximum Gasteiger partial charge on any atom is 0.490 e. The van der Waals surface area contributed by atoms with E-state index in [4.69, 9.17) is 20.7 Å². The second-order valence-electron chi connectivity index (χ2n) is 3.38. The molecule has 1 atom stereocenters. The Morgan fingerprint density at radius 2 is 1.73 bits per heavy atom. The van der Waals surface area contributed by atoms with Crippen molar-refractivity contribution in [2.75, 3.05) is 6.61 Å². The van der Waals surface area contributed by atoms with Gasteiger partial charge in [0.15, 0.2) is 0 Å². The van der Waals surface area contributed by atoms with Crippen molar-refractivity contribution in [1.29, 1.82) is 0 Å². The van der Waals surface area contributed by atoms with E-state index in [1.54, 1.807) is 0 Å². The van der Waals surface area contributed by atoms with Gasteiger partial charge in [0, 0.05) is 6.04 Å². The van der Waals surface area contributed by atoms with Gasteiger partial charge in [-0.25, -0.2) is 4.79 Å². The highest BCUT2D eigenvalue weighted by Crippen LogP contribution is 2.13. The van der Waals surface area contributed by atoms with Crippen LogP contribution in [0.5, 0.6) is 0 Å². The molecule has 0 unspecified atom stereocenters. The zero-order valence-electron chi connectivity index (χ0n) is 8.58. The average molecular weight is 231 g/mol. The summed E-state index contributed by atoms with van der Waals surface area (Å²) in [5.41, 5.74) is 5.42. The first-order chi connectivity index (χ1) is 6.61. The number of hydrogen-bond donors (Lipinski definition) is 3. The van der Waals surface area contributed by atoms with E-state index >= 15 is 0 Å². The van der Waals surface area contributed by atoms with E-state index < -0.39 is 12.1 Å². The van der Waals surface area contributed by atoms with Crippen molar-refractivity contribution in [3.8, 4) is 0 Å². The van der Waals surface area contributed by atoms with Gasteiger partial charge in [0.1, 0.15) is 0 Å². The molecule has 0 aliphatic carbocycles. The minimum Gasteiger partial charge on any atom is -0.475 e. The van der Waals surface area contributed by atoms with Crippen molar-refractivity contribution < 1.29 is 28.2 Å². The molecule has 92 valence electrons. The van der Waals surface area contributed by atoms with E-state index in [9.17, 15) is 13.2 Å².